The molecule has 34 heavy (non-hydrogen) atoms. The first-order valence-corrected chi connectivity index (χ1v) is 11.2. The predicted molar refractivity (Wildman–Crippen MR) is 126 cm³/mol. The van der Waals surface area contributed by atoms with Crippen LogP contribution in [0, 0.1) is 12.7 Å². The quantitative estimate of drug-likeness (QED) is 0.420. The Bertz CT molecular complexity index is 1370. The molecular weight excluding hydrogens is 435 g/mol. The summed E-state index contributed by atoms with van der Waals surface area (Å²) in [5, 5.41) is 0. The molecule has 1 aliphatic rings. The maximum atomic E-state index is 14.5. The molecule has 0 N–H and O–H groups in total. The Kier molecular flexibility index (Phi) is 5.65. The van der Waals surface area contributed by atoms with Gasteiger partial charge in [0.1, 0.15) is 11.6 Å². The van der Waals surface area contributed by atoms with Crippen LogP contribution in [0.3, 0.4) is 0 Å². The minimum Gasteiger partial charge on any atom is -0.494 e. The second-order valence-electron chi connectivity index (χ2n) is 8.40. The van der Waals surface area contributed by atoms with Gasteiger partial charge in [-0.25, -0.2) is 4.98 Å². The van der Waals surface area contributed by atoms with Crippen LogP contribution in [-0.2, 0) is 4.79 Å². The molecule has 3 heterocycles. The van der Waals surface area contributed by atoms with Crippen LogP contribution in [0.2, 0.25) is 0 Å². The van der Waals surface area contributed by atoms with Crippen molar-refractivity contribution in [3.05, 3.63) is 72.2 Å². The lowest BCUT2D eigenvalue weighted by molar-refractivity contribution is -0.127. The molecule has 4 aromatic rings. The topological polar surface area (TPSA) is 69.0 Å². The number of imidazole rings is 1. The van der Waals surface area contributed by atoms with Gasteiger partial charge in [-0.2, -0.15) is 4.39 Å². The van der Waals surface area contributed by atoms with Gasteiger partial charge in [0.25, 0.3) is 0 Å². The van der Waals surface area contributed by atoms with E-state index in [1.165, 1.54) is 7.11 Å². The molecule has 7 nitrogen and oxygen atoms in total. The SMILES string of the molecule is COc1cccc(Oc2ccc(-c3nc(C4CCN(C(C)=O)C4)n4ccnc(C)c34)cc2)c1F. The van der Waals surface area contributed by atoms with Crippen LogP contribution < -0.4 is 9.47 Å². The third-order valence-corrected chi connectivity index (χ3v) is 6.27. The number of ether oxygens (including phenoxy) is 2. The Balaban J connectivity index is 1.48. The molecule has 5 rings (SSSR count). The first kappa shape index (κ1) is 21.9. The summed E-state index contributed by atoms with van der Waals surface area (Å²) in [6.07, 6.45) is 4.57. The number of amides is 1. The molecule has 8 heteroatoms. The van der Waals surface area contributed by atoms with E-state index in [1.807, 2.05) is 30.2 Å². The molecule has 0 spiro atoms. The summed E-state index contributed by atoms with van der Waals surface area (Å²) in [6.45, 7) is 4.96. The molecule has 2 aromatic carbocycles. The Morgan fingerprint density at radius 2 is 1.91 bits per heavy atom. The minimum absolute atomic E-state index is 0.0875. The van der Waals surface area contributed by atoms with Crippen LogP contribution in [0.1, 0.15) is 30.8 Å². The van der Waals surface area contributed by atoms with Crippen LogP contribution in [0.4, 0.5) is 4.39 Å². The van der Waals surface area contributed by atoms with Crippen molar-refractivity contribution >= 4 is 11.4 Å². The average Bonchev–Trinajstić information content (AvgIpc) is 3.47. The Hall–Kier alpha value is -3.94. The maximum Gasteiger partial charge on any atom is 0.219 e. The van der Waals surface area contributed by atoms with Crippen molar-refractivity contribution < 1.29 is 18.7 Å². The van der Waals surface area contributed by atoms with Gasteiger partial charge in [0, 0.05) is 43.9 Å². The van der Waals surface area contributed by atoms with Crippen molar-refractivity contribution in [2.24, 2.45) is 0 Å². The van der Waals surface area contributed by atoms with Crippen molar-refractivity contribution in [1.29, 1.82) is 0 Å². The smallest absolute Gasteiger partial charge is 0.219 e. The summed E-state index contributed by atoms with van der Waals surface area (Å²) in [6, 6.07) is 12.2. The highest BCUT2D eigenvalue weighted by Gasteiger charge is 2.30. The number of carbonyl (C=O) groups is 1. The average molecular weight is 461 g/mol. The number of fused-ring (bicyclic) bond motifs is 1. The zero-order valence-corrected chi connectivity index (χ0v) is 19.3. The number of aromatic nitrogens is 3. The van der Waals surface area contributed by atoms with E-state index in [4.69, 9.17) is 14.5 Å². The second kappa shape index (κ2) is 8.78. The summed E-state index contributed by atoms with van der Waals surface area (Å²) in [5.41, 5.74) is 3.53. The van der Waals surface area contributed by atoms with Crippen molar-refractivity contribution in [2.45, 2.75) is 26.2 Å². The molecule has 0 bridgehead atoms. The highest BCUT2D eigenvalue weighted by Crippen LogP contribution is 2.35. The van der Waals surface area contributed by atoms with Crippen molar-refractivity contribution in [2.75, 3.05) is 20.2 Å². The largest absolute Gasteiger partial charge is 0.494 e. The fourth-order valence-electron chi connectivity index (χ4n) is 4.50. The maximum absolute atomic E-state index is 14.5. The highest BCUT2D eigenvalue weighted by atomic mass is 19.1. The highest BCUT2D eigenvalue weighted by molar-refractivity contribution is 5.80. The van der Waals surface area contributed by atoms with Gasteiger partial charge in [0.15, 0.2) is 11.5 Å². The molecule has 1 unspecified atom stereocenters. The predicted octanol–water partition coefficient (Wildman–Crippen LogP) is 4.98. The standard InChI is InChI=1S/C26H25FN4O3/c1-16-25-24(29-26(31(25)14-12-28-16)19-11-13-30(15-19)17(2)32)18-7-9-20(10-8-18)34-22-6-4-5-21(33-3)23(22)27/h4-10,12,14,19H,11,13,15H2,1-3H3. The van der Waals surface area contributed by atoms with Crippen LogP contribution in [0.5, 0.6) is 17.2 Å². The van der Waals surface area contributed by atoms with Gasteiger partial charge < -0.3 is 14.4 Å². The summed E-state index contributed by atoms with van der Waals surface area (Å²) in [7, 11) is 1.42. The van der Waals surface area contributed by atoms with E-state index < -0.39 is 5.82 Å². The first-order valence-electron chi connectivity index (χ1n) is 11.2. The lowest BCUT2D eigenvalue weighted by atomic mass is 10.1. The normalized spacial score (nSPS) is 15.6. The number of benzene rings is 2. The molecule has 0 aliphatic carbocycles. The number of hydrogen-bond donors (Lipinski definition) is 0. The number of methoxy groups -OCH3 is 1. The molecule has 2 aromatic heterocycles. The molecule has 0 radical (unpaired) electrons. The van der Waals surface area contributed by atoms with Gasteiger partial charge in [-0.1, -0.05) is 6.07 Å². The van der Waals surface area contributed by atoms with Gasteiger partial charge >= 0.3 is 0 Å². The van der Waals surface area contributed by atoms with Gasteiger partial charge in [-0.15, -0.1) is 0 Å². The number of hydrogen-bond acceptors (Lipinski definition) is 5. The van der Waals surface area contributed by atoms with Gasteiger partial charge in [-0.05, 0) is 49.7 Å². The zero-order valence-electron chi connectivity index (χ0n) is 19.3. The van der Waals surface area contributed by atoms with Crippen LogP contribution in [0.15, 0.2) is 54.9 Å². The number of aryl methyl sites for hydroxylation is 1. The van der Waals surface area contributed by atoms with Gasteiger partial charge in [0.05, 0.1) is 24.0 Å². The fourth-order valence-corrected chi connectivity index (χ4v) is 4.50. The third-order valence-electron chi connectivity index (χ3n) is 6.27. The van der Waals surface area contributed by atoms with E-state index in [2.05, 4.69) is 9.38 Å². The van der Waals surface area contributed by atoms with E-state index >= 15 is 0 Å². The Labute approximate surface area is 196 Å². The molecule has 1 saturated heterocycles. The molecule has 1 aliphatic heterocycles. The van der Waals surface area contributed by atoms with Crippen LogP contribution in [0.25, 0.3) is 16.8 Å². The summed E-state index contributed by atoms with van der Waals surface area (Å²) in [4.78, 5) is 23.2. The Morgan fingerprint density at radius 1 is 1.15 bits per heavy atom. The van der Waals surface area contributed by atoms with Crippen molar-refractivity contribution in [3.63, 3.8) is 0 Å². The summed E-state index contributed by atoms with van der Waals surface area (Å²) >= 11 is 0. The fraction of sp³-hybridized carbons (Fsp3) is 0.269. The van der Waals surface area contributed by atoms with E-state index in [0.29, 0.717) is 12.3 Å². The molecule has 174 valence electrons. The second-order valence-corrected chi connectivity index (χ2v) is 8.40. The summed E-state index contributed by atoms with van der Waals surface area (Å²) in [5.74, 6) is 1.36. The number of halogens is 1. The summed E-state index contributed by atoms with van der Waals surface area (Å²) < 4.78 is 27.3. The molecule has 1 amide bonds. The lowest BCUT2D eigenvalue weighted by Gasteiger charge is -2.13. The van der Waals surface area contributed by atoms with Gasteiger partial charge in [0.2, 0.25) is 11.7 Å². The van der Waals surface area contributed by atoms with Crippen LogP contribution >= 0.6 is 0 Å². The number of nitrogens with zero attached hydrogens (tertiary/aromatic N) is 4. The van der Waals surface area contributed by atoms with Gasteiger partial charge in [-0.3, -0.25) is 14.2 Å². The monoisotopic (exact) mass is 460 g/mol. The van der Waals surface area contributed by atoms with Crippen molar-refractivity contribution in [1.82, 2.24) is 19.3 Å². The molecular formula is C26H25FN4O3. The van der Waals surface area contributed by atoms with Crippen molar-refractivity contribution in [3.8, 4) is 28.5 Å². The van der Waals surface area contributed by atoms with E-state index in [-0.39, 0.29) is 23.3 Å². The van der Waals surface area contributed by atoms with E-state index in [1.54, 1.807) is 43.5 Å². The molecule has 1 fully saturated rings. The molecule has 1 atom stereocenters. The number of rotatable bonds is 5. The number of likely N-dealkylation sites (tertiary alicyclic amines) is 1. The lowest BCUT2D eigenvalue weighted by Crippen LogP contribution is -2.25. The number of carbonyl (C=O) groups excluding carboxylic acids is 1. The third kappa shape index (κ3) is 3.85. The van der Waals surface area contributed by atoms with E-state index in [0.717, 1.165) is 41.3 Å². The zero-order chi connectivity index (χ0) is 23.8. The first-order chi connectivity index (χ1) is 16.5. The van der Waals surface area contributed by atoms with Crippen LogP contribution in [-0.4, -0.2) is 45.4 Å². The van der Waals surface area contributed by atoms with E-state index in [9.17, 15) is 9.18 Å². The minimum atomic E-state index is -0.545. The molecule has 0 saturated carbocycles. The Morgan fingerprint density at radius 3 is 2.62 bits per heavy atom.